The molecule has 14 rings (SSSR count). The average Bonchev–Trinajstić information content (AvgIpc) is 0.690. The molecule has 0 aromatic rings. The molecule has 9 heterocycles. The van der Waals surface area contributed by atoms with Crippen molar-refractivity contribution < 1.29 is 242 Å². The van der Waals surface area contributed by atoms with Crippen molar-refractivity contribution in [2.24, 2.45) is 50.2 Å². The topological polar surface area (TPSA) is 762 Å². The maximum absolute atomic E-state index is 16.9. The quantitative estimate of drug-likeness (QED) is 0.00922. The van der Waals surface area contributed by atoms with Crippen LogP contribution in [0.25, 0.3) is 0 Å². The van der Waals surface area contributed by atoms with Gasteiger partial charge in [0.05, 0.1) is 93.5 Å². The van der Waals surface area contributed by atoms with Gasteiger partial charge in [-0.1, -0.05) is 84.4 Å². The Labute approximate surface area is 867 Å². The molecule has 0 aromatic heterocycles. The lowest BCUT2D eigenvalue weighted by atomic mass is 9.33. The minimum Gasteiger partial charge on any atom is -0.458 e. The first-order valence-electron chi connectivity index (χ1n) is 51.8. The molecule has 4 saturated carbocycles. The molecule has 5 aliphatic carbocycles. The zero-order valence-corrected chi connectivity index (χ0v) is 86.5. The standard InChI is InChI=1S/C101H160O49/c1-16-96(11,149-89-74(125)66(117)58(109)41(4)134-89)26-18-20-40(3)82(128)143-78-59(110)42(5)135-90(75(78)126)150-97(12,17-2)27-19-21-44(33-102)83(129)141-57-32-101(93(130)148-92-81(69(120)63(114)50(35-104)139-92)147-88-76(127)79(145-87-73(124)67(118)62(113)49(34-103)137-87)77(43(6)136-88)144-86-71(122)64(115)51(36-105)138-86)46(30-94(57,7)8)45-22-23-54-98(13)28-25-56(95(9,10)53(98)24-29-99(54,14)100(45,15)31-55(101)108)142-85-72(123)68(119)65(116)52(140-85)39-133-91-80(61(112)48(107)38-132-91)146-84-70(121)60(111)47(106)37-131-84/h16-17,20-22,41-43,46-81,84-92,102-127H,1-2,18-19,23-39H2,3-15H3/b40-20+,44-21+/t41-,42-,43-,46+,47-,48-,49-,50-,51+,52-,53+,54-,55-,56+,57+,58-,59-,60+,61+,62-,63-,64+,65-,66+,67+,68+,69+,70-,71-,72-,73-,74-,75-,76-,77-,78+,79-,80-,81-,84+,85+,86+,87+,88+,89+,90+,91+,92+,96-,97-,98+,99-,100+,101+/m0/s1. The maximum atomic E-state index is 16.9. The second-order valence-corrected chi connectivity index (χ2v) is 45.7. The molecule has 9 saturated heterocycles. The van der Waals surface area contributed by atoms with E-state index in [-0.39, 0.29) is 61.5 Å². The molecule has 858 valence electrons. The van der Waals surface area contributed by atoms with Gasteiger partial charge in [-0.2, -0.15) is 0 Å². The van der Waals surface area contributed by atoms with Gasteiger partial charge < -0.3 is 228 Å². The second-order valence-electron chi connectivity index (χ2n) is 45.7. The van der Waals surface area contributed by atoms with Gasteiger partial charge in [0.2, 0.25) is 6.29 Å². The number of rotatable bonds is 35. The van der Waals surface area contributed by atoms with Crippen LogP contribution in [0.15, 0.2) is 60.3 Å². The summed E-state index contributed by atoms with van der Waals surface area (Å²) in [6, 6.07) is 0. The lowest BCUT2D eigenvalue weighted by Gasteiger charge is -2.72. The Morgan fingerprint density at radius 1 is 0.427 bits per heavy atom. The molecular weight excluding hydrogens is 2000 g/mol. The smallest absolute Gasteiger partial charge is 0.336 e. The summed E-state index contributed by atoms with van der Waals surface area (Å²) in [6.45, 7) is 25.4. The van der Waals surface area contributed by atoms with Crippen LogP contribution in [0.3, 0.4) is 0 Å². The highest BCUT2D eigenvalue weighted by Crippen LogP contribution is 2.77. The van der Waals surface area contributed by atoms with E-state index in [1.807, 2.05) is 20.8 Å². The van der Waals surface area contributed by atoms with Gasteiger partial charge in [-0.05, 0) is 152 Å². The van der Waals surface area contributed by atoms with Gasteiger partial charge in [0.1, 0.15) is 182 Å². The zero-order chi connectivity index (χ0) is 110. The van der Waals surface area contributed by atoms with E-state index in [1.54, 1.807) is 27.7 Å². The number of aliphatic hydroxyl groups is 26. The van der Waals surface area contributed by atoms with E-state index in [1.165, 1.54) is 52.0 Å². The van der Waals surface area contributed by atoms with E-state index in [0.717, 1.165) is 0 Å². The van der Waals surface area contributed by atoms with Crippen molar-refractivity contribution in [1.82, 2.24) is 0 Å². The SMILES string of the molecule is C=C[C@@](C)(CC/C=C(\C)C(=O)O[C@H]1[C@H](O)[C@@H](O[C@@](C)(C=C)CC/C=C(\CO)C(=O)O[C@@H]2C[C@@]3(C(=O)O[C@H]4O[C@@H](CO)[C@H](O)[C@@H](O)[C@@H]4O[C@H]4O[C@@H](C)[C@H](O[C@H]5O[C@H](CO)[C@@H](O)[C@@H]5O)[C@@H](O[C@H]5O[C@@H](CO)[C@H](O)[C@@H](O)[C@@H]5O)[C@@H]4O)[C@H](CC2(C)C)C2=CC[C@H]4[C@]5(C)CC[C@@H](O[C@H]6O[C@@H](CO[C@H]7OC[C@H](O)[C@@H](O)[C@@H]7O[C@H]7OC[C@H](O)[C@@H](O)[C@@H]7O)[C@H](O)[C@@H](O)[C@@H]6O)C(C)(C)[C@H]5CC[C@]4(C)[C@]2(C)C[C@@H]3O)O[C@@H](C)[C@@H]1O)O[C@H]1O[C@@H](C)[C@H](O)[C@@H](O)[C@@H]1O. The van der Waals surface area contributed by atoms with E-state index < -0.39 is 397 Å². The molecule has 13 fully saturated rings. The third-order valence-corrected chi connectivity index (χ3v) is 35.3. The molecule has 0 aromatic carbocycles. The van der Waals surface area contributed by atoms with Crippen molar-refractivity contribution in [3.8, 4) is 0 Å². The van der Waals surface area contributed by atoms with Crippen molar-refractivity contribution in [2.45, 2.75) is 455 Å². The lowest BCUT2D eigenvalue weighted by Crippen LogP contribution is -2.70. The molecular formula is C101H160O49. The van der Waals surface area contributed by atoms with E-state index >= 15 is 9.59 Å². The van der Waals surface area contributed by atoms with Crippen LogP contribution in [-0.2, 0) is 109 Å². The summed E-state index contributed by atoms with van der Waals surface area (Å²) in [5.74, 6) is -4.78. The number of fused-ring (bicyclic) bond motifs is 7. The fourth-order valence-corrected chi connectivity index (χ4v) is 25.4. The van der Waals surface area contributed by atoms with Gasteiger partial charge in [-0.25, -0.2) is 9.59 Å². The van der Waals surface area contributed by atoms with Gasteiger partial charge in [0, 0.05) is 17.4 Å². The minimum atomic E-state index is -2.30. The Kier molecular flexibility index (Phi) is 38.4. The summed E-state index contributed by atoms with van der Waals surface area (Å²) in [6.07, 6.45) is -67.9. The van der Waals surface area contributed by atoms with Crippen molar-refractivity contribution in [2.75, 3.05) is 46.2 Å². The molecule has 0 radical (unpaired) electrons. The van der Waals surface area contributed by atoms with Crippen LogP contribution in [0, 0.1) is 50.2 Å². The molecule has 0 unspecified atom stereocenters. The van der Waals surface area contributed by atoms with Crippen molar-refractivity contribution >= 4 is 17.9 Å². The van der Waals surface area contributed by atoms with Crippen LogP contribution in [-0.4, -0.2) is 484 Å². The van der Waals surface area contributed by atoms with Crippen LogP contribution in [0.4, 0.5) is 0 Å². The molecule has 0 bridgehead atoms. The third kappa shape index (κ3) is 23.3. The van der Waals surface area contributed by atoms with E-state index in [0.29, 0.717) is 37.7 Å². The Balaban J connectivity index is 0.723. The number of esters is 3. The molecule has 0 spiro atoms. The van der Waals surface area contributed by atoms with Gasteiger partial charge in [0.15, 0.2) is 62.5 Å². The fourth-order valence-electron chi connectivity index (χ4n) is 25.4. The number of carbonyl (C=O) groups excluding carboxylic acids is 3. The van der Waals surface area contributed by atoms with Crippen molar-refractivity contribution in [1.29, 1.82) is 0 Å². The molecule has 26 N–H and O–H groups in total. The van der Waals surface area contributed by atoms with Gasteiger partial charge in [-0.15, -0.1) is 13.2 Å². The summed E-state index contributed by atoms with van der Waals surface area (Å²) in [7, 11) is 0. The van der Waals surface area contributed by atoms with Crippen LogP contribution >= 0.6 is 0 Å². The molecule has 0 amide bonds. The van der Waals surface area contributed by atoms with Crippen LogP contribution in [0.2, 0.25) is 0 Å². The summed E-state index contributed by atoms with van der Waals surface area (Å²) < 4.78 is 121. The van der Waals surface area contributed by atoms with Crippen molar-refractivity contribution in [3.05, 3.63) is 60.3 Å². The summed E-state index contributed by atoms with van der Waals surface area (Å²) in [4.78, 5) is 45.9. The number of carbonyl (C=O) groups is 3. The normalized spacial score (nSPS) is 49.2. The molecule has 14 aliphatic rings. The fraction of sp³-hybridized carbons (Fsp3) is 0.871. The monoisotopic (exact) mass is 2160 g/mol. The minimum absolute atomic E-state index is 0.0520. The lowest BCUT2D eigenvalue weighted by molar-refractivity contribution is -0.390. The summed E-state index contributed by atoms with van der Waals surface area (Å²) in [5.41, 5.74) is -8.84. The second kappa shape index (κ2) is 47.7. The Hall–Kier alpha value is -4.61. The zero-order valence-electron chi connectivity index (χ0n) is 86.5. The molecule has 49 heteroatoms. The molecule has 150 heavy (non-hydrogen) atoms. The number of allylic oxidation sites excluding steroid dienone is 4. The van der Waals surface area contributed by atoms with E-state index in [2.05, 4.69) is 33.1 Å². The van der Waals surface area contributed by atoms with E-state index in [9.17, 15) is 138 Å². The van der Waals surface area contributed by atoms with Gasteiger partial charge in [0.25, 0.3) is 0 Å². The predicted molar refractivity (Wildman–Crippen MR) is 503 cm³/mol. The Bertz CT molecular complexity index is 4630. The Morgan fingerprint density at radius 2 is 0.893 bits per heavy atom. The molecule has 49 nitrogen and oxygen atoms in total. The van der Waals surface area contributed by atoms with Crippen LogP contribution < -0.4 is 0 Å². The highest BCUT2D eigenvalue weighted by Gasteiger charge is 2.75. The number of ether oxygens (including phenoxy) is 20. The van der Waals surface area contributed by atoms with Crippen molar-refractivity contribution in [3.63, 3.8) is 0 Å². The van der Waals surface area contributed by atoms with Gasteiger partial charge in [-0.3, -0.25) is 4.79 Å². The highest BCUT2D eigenvalue weighted by atomic mass is 16.8. The number of aliphatic hydroxyl groups excluding tert-OH is 26. The van der Waals surface area contributed by atoms with Gasteiger partial charge >= 0.3 is 17.9 Å². The number of hydrogen-bond acceptors (Lipinski definition) is 49. The third-order valence-electron chi connectivity index (χ3n) is 35.3. The largest absolute Gasteiger partial charge is 0.458 e. The predicted octanol–water partition coefficient (Wildman–Crippen LogP) is -6.57. The molecule has 9 aliphatic heterocycles. The summed E-state index contributed by atoms with van der Waals surface area (Å²) >= 11 is 0. The van der Waals surface area contributed by atoms with Crippen LogP contribution in [0.1, 0.15) is 167 Å². The maximum Gasteiger partial charge on any atom is 0.336 e. The first-order chi connectivity index (χ1) is 70.3. The first-order valence-corrected chi connectivity index (χ1v) is 51.8. The average molecular weight is 2160 g/mol. The Morgan fingerprint density at radius 3 is 1.49 bits per heavy atom. The summed E-state index contributed by atoms with van der Waals surface area (Å²) in [5, 5.41) is 290. The number of hydrogen-bond donors (Lipinski definition) is 26. The van der Waals surface area contributed by atoms with Crippen LogP contribution in [0.5, 0.6) is 0 Å². The first kappa shape index (κ1) is 121. The molecule has 54 atom stereocenters. The van der Waals surface area contributed by atoms with E-state index in [4.69, 9.17) is 94.7 Å². The highest BCUT2D eigenvalue weighted by molar-refractivity contribution is 5.89.